The second-order valence-corrected chi connectivity index (χ2v) is 6.89. The highest BCUT2D eigenvalue weighted by Crippen LogP contribution is 2.31. The van der Waals surface area contributed by atoms with E-state index in [1.165, 1.54) is 16.9 Å². The van der Waals surface area contributed by atoms with E-state index in [1.807, 2.05) is 20.8 Å². The molecule has 3 rings (SSSR count). The molecule has 0 N–H and O–H groups in total. The molecule has 0 fully saturated rings. The van der Waals surface area contributed by atoms with Crippen LogP contribution >= 0.6 is 0 Å². The first-order chi connectivity index (χ1) is 12.1. The monoisotopic (exact) mass is 366 g/mol. The summed E-state index contributed by atoms with van der Waals surface area (Å²) in [4.78, 5) is 5.56. The van der Waals surface area contributed by atoms with Gasteiger partial charge in [0.1, 0.15) is 6.04 Å². The van der Waals surface area contributed by atoms with Crippen LogP contribution in [-0.2, 0) is 11.6 Å². The standard InChI is InChI=1S/C16H17F3N6O/c1-9(13-20-14(23-26-13)15(2,3)4)25-22-12(21-24-25)10-6-5-7-11(8-10)16(17,18)19/h5-9H,1-4H3/t9-/m0/s1. The van der Waals surface area contributed by atoms with Gasteiger partial charge in [-0.05, 0) is 24.3 Å². The fraction of sp³-hybridized carbons (Fsp3) is 0.438. The fourth-order valence-electron chi connectivity index (χ4n) is 2.15. The Hall–Kier alpha value is -2.78. The van der Waals surface area contributed by atoms with Crippen molar-refractivity contribution in [2.75, 3.05) is 0 Å². The van der Waals surface area contributed by atoms with Crippen LogP contribution in [0.4, 0.5) is 13.2 Å². The summed E-state index contributed by atoms with van der Waals surface area (Å²) >= 11 is 0. The first-order valence-corrected chi connectivity index (χ1v) is 7.87. The second kappa shape index (κ2) is 6.19. The molecule has 1 atom stereocenters. The van der Waals surface area contributed by atoms with Crippen molar-refractivity contribution < 1.29 is 17.7 Å². The zero-order valence-electron chi connectivity index (χ0n) is 14.6. The summed E-state index contributed by atoms with van der Waals surface area (Å²) in [6.07, 6.45) is -4.44. The van der Waals surface area contributed by atoms with E-state index >= 15 is 0 Å². The molecule has 0 saturated heterocycles. The number of nitrogens with zero attached hydrogens (tertiary/aromatic N) is 6. The van der Waals surface area contributed by atoms with E-state index in [9.17, 15) is 13.2 Å². The Morgan fingerprint density at radius 2 is 1.88 bits per heavy atom. The minimum Gasteiger partial charge on any atom is -0.337 e. The van der Waals surface area contributed by atoms with Crippen LogP contribution in [0.3, 0.4) is 0 Å². The Labute approximate surface area is 147 Å². The Morgan fingerprint density at radius 3 is 2.50 bits per heavy atom. The first kappa shape index (κ1) is 18.0. The van der Waals surface area contributed by atoms with E-state index in [4.69, 9.17) is 4.52 Å². The van der Waals surface area contributed by atoms with Crippen molar-refractivity contribution in [2.24, 2.45) is 0 Å². The summed E-state index contributed by atoms with van der Waals surface area (Å²) in [5.41, 5.74) is -0.828. The Morgan fingerprint density at radius 1 is 1.15 bits per heavy atom. The number of halogens is 3. The van der Waals surface area contributed by atoms with Gasteiger partial charge in [0.25, 0.3) is 5.89 Å². The van der Waals surface area contributed by atoms with Crippen LogP contribution in [0.15, 0.2) is 28.8 Å². The minimum absolute atomic E-state index is 0.0820. The summed E-state index contributed by atoms with van der Waals surface area (Å²) in [6, 6.07) is 4.26. The van der Waals surface area contributed by atoms with E-state index in [0.29, 0.717) is 11.7 Å². The molecule has 0 aliphatic heterocycles. The van der Waals surface area contributed by atoms with Gasteiger partial charge in [0.2, 0.25) is 5.82 Å². The van der Waals surface area contributed by atoms with Crippen LogP contribution in [0.2, 0.25) is 0 Å². The van der Waals surface area contributed by atoms with Gasteiger partial charge in [-0.2, -0.15) is 23.0 Å². The Kier molecular flexibility index (Phi) is 4.29. The third-order valence-corrected chi connectivity index (χ3v) is 3.69. The predicted molar refractivity (Wildman–Crippen MR) is 85.1 cm³/mol. The van der Waals surface area contributed by atoms with Gasteiger partial charge in [-0.3, -0.25) is 0 Å². The highest BCUT2D eigenvalue weighted by atomic mass is 19.4. The second-order valence-electron chi connectivity index (χ2n) is 6.89. The van der Waals surface area contributed by atoms with Gasteiger partial charge in [0, 0.05) is 11.0 Å². The average molecular weight is 366 g/mol. The van der Waals surface area contributed by atoms with Gasteiger partial charge in [-0.1, -0.05) is 38.1 Å². The maximum Gasteiger partial charge on any atom is 0.416 e. The molecule has 0 unspecified atom stereocenters. The van der Waals surface area contributed by atoms with Gasteiger partial charge in [-0.15, -0.1) is 10.2 Å². The smallest absolute Gasteiger partial charge is 0.337 e. The number of benzene rings is 1. The van der Waals surface area contributed by atoms with Gasteiger partial charge in [0.05, 0.1) is 5.56 Å². The predicted octanol–water partition coefficient (Wildman–Crippen LogP) is 3.65. The van der Waals surface area contributed by atoms with Crippen LogP contribution in [0.25, 0.3) is 11.4 Å². The molecule has 138 valence electrons. The molecular formula is C16H17F3N6O. The molecule has 26 heavy (non-hydrogen) atoms. The lowest BCUT2D eigenvalue weighted by Crippen LogP contribution is -2.15. The van der Waals surface area contributed by atoms with Crippen molar-refractivity contribution in [3.63, 3.8) is 0 Å². The lowest BCUT2D eigenvalue weighted by molar-refractivity contribution is -0.137. The van der Waals surface area contributed by atoms with Crippen LogP contribution in [0.1, 0.15) is 51.0 Å². The van der Waals surface area contributed by atoms with Gasteiger partial charge in [-0.25, -0.2) is 0 Å². The normalized spacial score (nSPS) is 13.8. The SMILES string of the molecule is C[C@@H](c1nc(C(C)(C)C)no1)n1nnc(-c2cccc(C(F)(F)F)c2)n1. The number of alkyl halides is 3. The van der Waals surface area contributed by atoms with Crippen molar-refractivity contribution in [3.8, 4) is 11.4 Å². The number of aromatic nitrogens is 6. The van der Waals surface area contributed by atoms with E-state index in [1.54, 1.807) is 6.92 Å². The molecule has 0 aliphatic carbocycles. The molecule has 0 bridgehead atoms. The lowest BCUT2D eigenvalue weighted by atomic mass is 9.96. The highest BCUT2D eigenvalue weighted by Gasteiger charge is 2.31. The topological polar surface area (TPSA) is 82.5 Å². The molecule has 2 heterocycles. The highest BCUT2D eigenvalue weighted by molar-refractivity contribution is 5.55. The van der Waals surface area contributed by atoms with Crippen molar-refractivity contribution in [1.29, 1.82) is 0 Å². The van der Waals surface area contributed by atoms with E-state index in [0.717, 1.165) is 12.1 Å². The largest absolute Gasteiger partial charge is 0.416 e. The maximum atomic E-state index is 12.8. The molecule has 0 amide bonds. The van der Waals surface area contributed by atoms with Gasteiger partial charge in [0.15, 0.2) is 5.82 Å². The van der Waals surface area contributed by atoms with Crippen LogP contribution in [0.5, 0.6) is 0 Å². The Balaban J connectivity index is 1.87. The molecule has 1 aromatic carbocycles. The van der Waals surface area contributed by atoms with E-state index in [2.05, 4.69) is 25.6 Å². The molecule has 0 radical (unpaired) electrons. The number of hydrogen-bond donors (Lipinski definition) is 0. The average Bonchev–Trinajstić information content (AvgIpc) is 3.23. The third kappa shape index (κ3) is 3.58. The zero-order chi connectivity index (χ0) is 19.1. The lowest BCUT2D eigenvalue weighted by Gasteiger charge is -2.11. The summed E-state index contributed by atoms with van der Waals surface area (Å²) in [7, 11) is 0. The molecule has 10 heteroatoms. The molecular weight excluding hydrogens is 349 g/mol. The number of tetrazole rings is 1. The minimum atomic E-state index is -4.44. The van der Waals surface area contributed by atoms with Crippen molar-refractivity contribution in [1.82, 2.24) is 30.3 Å². The maximum absolute atomic E-state index is 12.8. The quantitative estimate of drug-likeness (QED) is 0.704. The summed E-state index contributed by atoms with van der Waals surface area (Å²) in [6.45, 7) is 7.58. The van der Waals surface area contributed by atoms with Gasteiger partial charge >= 0.3 is 6.18 Å². The Bertz CT molecular complexity index is 909. The number of rotatable bonds is 3. The summed E-state index contributed by atoms with van der Waals surface area (Å²) in [5.74, 6) is 0.916. The molecule has 2 aromatic heterocycles. The fourth-order valence-corrected chi connectivity index (χ4v) is 2.15. The summed E-state index contributed by atoms with van der Waals surface area (Å²) < 4.78 is 43.8. The first-order valence-electron chi connectivity index (χ1n) is 7.87. The van der Waals surface area contributed by atoms with E-state index in [-0.39, 0.29) is 16.8 Å². The van der Waals surface area contributed by atoms with Crippen molar-refractivity contribution in [2.45, 2.75) is 45.3 Å². The zero-order valence-corrected chi connectivity index (χ0v) is 14.6. The van der Waals surface area contributed by atoms with Crippen LogP contribution in [-0.4, -0.2) is 30.3 Å². The molecule has 0 aliphatic rings. The van der Waals surface area contributed by atoms with Crippen LogP contribution < -0.4 is 0 Å². The van der Waals surface area contributed by atoms with E-state index < -0.39 is 17.8 Å². The van der Waals surface area contributed by atoms with Gasteiger partial charge < -0.3 is 4.52 Å². The summed E-state index contributed by atoms with van der Waals surface area (Å²) in [5, 5.41) is 15.8. The molecule has 7 nitrogen and oxygen atoms in total. The third-order valence-electron chi connectivity index (χ3n) is 3.69. The molecule has 0 spiro atoms. The van der Waals surface area contributed by atoms with Crippen molar-refractivity contribution >= 4 is 0 Å². The van der Waals surface area contributed by atoms with Crippen molar-refractivity contribution in [3.05, 3.63) is 41.5 Å². The molecule has 0 saturated carbocycles. The number of hydrogen-bond acceptors (Lipinski definition) is 6. The molecule has 3 aromatic rings. The van der Waals surface area contributed by atoms with Crippen LogP contribution in [0, 0.1) is 0 Å².